The fourth-order valence-corrected chi connectivity index (χ4v) is 3.13. The average Bonchev–Trinajstić information content (AvgIpc) is 2.81. The van der Waals surface area contributed by atoms with Gasteiger partial charge in [0.15, 0.2) is 0 Å². The van der Waals surface area contributed by atoms with Crippen molar-refractivity contribution in [3.8, 4) is 0 Å². The number of carbonyl (C=O) groups is 1. The number of aryl methyl sites for hydroxylation is 1. The molecule has 0 heterocycles. The number of ether oxygens (including phenoxy) is 1. The lowest BCUT2D eigenvalue weighted by atomic mass is 9.94. The summed E-state index contributed by atoms with van der Waals surface area (Å²) in [5, 5.41) is 3.24. The number of benzene rings is 1. The van der Waals surface area contributed by atoms with Gasteiger partial charge in [0.25, 0.3) is 0 Å². The molecular formula is C16H22FNO2. The van der Waals surface area contributed by atoms with Crippen LogP contribution in [0.25, 0.3) is 0 Å². The number of rotatable bonds is 4. The van der Waals surface area contributed by atoms with E-state index in [-0.39, 0.29) is 11.8 Å². The first-order valence-electron chi connectivity index (χ1n) is 7.13. The first kappa shape index (κ1) is 14.8. The molecule has 1 fully saturated rings. The van der Waals surface area contributed by atoms with Gasteiger partial charge in [-0.05, 0) is 55.9 Å². The Kier molecular flexibility index (Phi) is 4.31. The molecule has 3 nitrogen and oxygen atoms in total. The van der Waals surface area contributed by atoms with Crippen molar-refractivity contribution in [1.82, 2.24) is 0 Å². The van der Waals surface area contributed by atoms with Crippen LogP contribution < -0.4 is 5.32 Å². The molecule has 110 valence electrons. The molecule has 1 aliphatic carbocycles. The summed E-state index contributed by atoms with van der Waals surface area (Å²) in [6.45, 7) is 3.97. The normalized spacial score (nSPS) is 25.5. The molecule has 0 bridgehead atoms. The van der Waals surface area contributed by atoms with Crippen molar-refractivity contribution in [3.05, 3.63) is 29.6 Å². The first-order chi connectivity index (χ1) is 9.49. The second kappa shape index (κ2) is 5.81. The zero-order chi connectivity index (χ0) is 14.8. The van der Waals surface area contributed by atoms with E-state index in [0.717, 1.165) is 31.2 Å². The first-order valence-corrected chi connectivity index (χ1v) is 7.13. The summed E-state index contributed by atoms with van der Waals surface area (Å²) in [4.78, 5) is 12.2. The van der Waals surface area contributed by atoms with E-state index in [1.165, 1.54) is 19.2 Å². The molecule has 0 saturated heterocycles. The molecule has 2 atom stereocenters. The summed E-state index contributed by atoms with van der Waals surface area (Å²) in [7, 11) is 1.40. The number of carbonyl (C=O) groups excluding carboxylic acids is 1. The summed E-state index contributed by atoms with van der Waals surface area (Å²) in [5.74, 6) is -0.0378. The highest BCUT2D eigenvalue weighted by atomic mass is 19.1. The predicted molar refractivity (Wildman–Crippen MR) is 77.1 cm³/mol. The summed E-state index contributed by atoms with van der Waals surface area (Å²) >= 11 is 0. The number of nitrogens with one attached hydrogen (secondary N) is 1. The average molecular weight is 279 g/mol. The van der Waals surface area contributed by atoms with Crippen LogP contribution in [0.2, 0.25) is 0 Å². The van der Waals surface area contributed by atoms with Crippen LogP contribution >= 0.6 is 0 Å². The highest BCUT2D eigenvalue weighted by molar-refractivity contribution is 5.85. The van der Waals surface area contributed by atoms with Gasteiger partial charge in [-0.15, -0.1) is 0 Å². The molecule has 2 unspecified atom stereocenters. The van der Waals surface area contributed by atoms with Crippen LogP contribution in [-0.2, 0) is 9.53 Å². The molecule has 1 N–H and O–H groups in total. The van der Waals surface area contributed by atoms with Crippen LogP contribution in [0.3, 0.4) is 0 Å². The van der Waals surface area contributed by atoms with Crippen molar-refractivity contribution >= 4 is 11.7 Å². The van der Waals surface area contributed by atoms with E-state index in [0.29, 0.717) is 11.6 Å². The Morgan fingerprint density at radius 3 is 2.80 bits per heavy atom. The van der Waals surface area contributed by atoms with Gasteiger partial charge in [-0.25, -0.2) is 9.18 Å². The number of esters is 1. The number of hydrogen-bond donors (Lipinski definition) is 1. The number of hydrogen-bond acceptors (Lipinski definition) is 3. The molecule has 20 heavy (non-hydrogen) atoms. The van der Waals surface area contributed by atoms with E-state index in [9.17, 15) is 9.18 Å². The third-order valence-corrected chi connectivity index (χ3v) is 4.20. The minimum atomic E-state index is -0.713. The van der Waals surface area contributed by atoms with Crippen molar-refractivity contribution in [2.45, 2.75) is 45.1 Å². The van der Waals surface area contributed by atoms with Gasteiger partial charge in [-0.3, -0.25) is 0 Å². The standard InChI is InChI=1S/C16H22FNO2/c1-4-12-5-6-16(10-12,15(19)20-3)18-14-8-11(2)7-13(17)9-14/h7-9,12,18H,4-6,10H2,1-3H3. The quantitative estimate of drug-likeness (QED) is 0.855. The Morgan fingerprint density at radius 2 is 2.25 bits per heavy atom. The molecule has 2 rings (SSSR count). The summed E-state index contributed by atoms with van der Waals surface area (Å²) < 4.78 is 18.5. The lowest BCUT2D eigenvalue weighted by Crippen LogP contribution is -2.45. The topological polar surface area (TPSA) is 38.3 Å². The van der Waals surface area contributed by atoms with E-state index in [4.69, 9.17) is 4.74 Å². The molecule has 4 heteroatoms. The van der Waals surface area contributed by atoms with Gasteiger partial charge in [0, 0.05) is 5.69 Å². The molecule has 0 aliphatic heterocycles. The van der Waals surface area contributed by atoms with Crippen molar-refractivity contribution in [1.29, 1.82) is 0 Å². The summed E-state index contributed by atoms with van der Waals surface area (Å²) in [6.07, 6.45) is 3.51. The summed E-state index contributed by atoms with van der Waals surface area (Å²) in [5.41, 5.74) is 0.762. The fraction of sp³-hybridized carbons (Fsp3) is 0.562. The monoisotopic (exact) mass is 279 g/mol. The van der Waals surface area contributed by atoms with Crippen LogP contribution in [-0.4, -0.2) is 18.6 Å². The predicted octanol–water partition coefficient (Wildman–Crippen LogP) is 3.67. The van der Waals surface area contributed by atoms with Gasteiger partial charge in [0.1, 0.15) is 11.4 Å². The molecule has 1 aliphatic rings. The van der Waals surface area contributed by atoms with Crippen molar-refractivity contribution < 1.29 is 13.9 Å². The zero-order valence-electron chi connectivity index (χ0n) is 12.3. The Balaban J connectivity index is 2.27. The maximum Gasteiger partial charge on any atom is 0.331 e. The SMILES string of the molecule is CCC1CCC(Nc2cc(C)cc(F)c2)(C(=O)OC)C1. The Hall–Kier alpha value is -1.58. The van der Waals surface area contributed by atoms with Crippen LogP contribution in [0.15, 0.2) is 18.2 Å². The van der Waals surface area contributed by atoms with Crippen LogP contribution in [0.5, 0.6) is 0 Å². The molecule has 1 aromatic rings. The minimum Gasteiger partial charge on any atom is -0.467 e. The van der Waals surface area contributed by atoms with Crippen molar-refractivity contribution in [2.24, 2.45) is 5.92 Å². The Bertz CT molecular complexity index is 483. The molecule has 1 aromatic carbocycles. The van der Waals surface area contributed by atoms with Crippen LogP contribution in [0.1, 0.15) is 38.2 Å². The van der Waals surface area contributed by atoms with Gasteiger partial charge in [-0.2, -0.15) is 0 Å². The Morgan fingerprint density at radius 1 is 1.50 bits per heavy atom. The van der Waals surface area contributed by atoms with Crippen LogP contribution in [0.4, 0.5) is 10.1 Å². The van der Waals surface area contributed by atoms with Gasteiger partial charge >= 0.3 is 5.97 Å². The third-order valence-electron chi connectivity index (χ3n) is 4.20. The van der Waals surface area contributed by atoms with Crippen molar-refractivity contribution in [2.75, 3.05) is 12.4 Å². The number of anilines is 1. The zero-order valence-corrected chi connectivity index (χ0v) is 12.3. The van der Waals surface area contributed by atoms with Gasteiger partial charge < -0.3 is 10.1 Å². The largest absolute Gasteiger partial charge is 0.467 e. The lowest BCUT2D eigenvalue weighted by Gasteiger charge is -2.29. The minimum absolute atomic E-state index is 0.254. The van der Waals surface area contributed by atoms with Gasteiger partial charge in [-0.1, -0.05) is 13.3 Å². The third kappa shape index (κ3) is 2.94. The van der Waals surface area contributed by atoms with Crippen molar-refractivity contribution in [3.63, 3.8) is 0 Å². The molecule has 0 radical (unpaired) electrons. The smallest absolute Gasteiger partial charge is 0.331 e. The second-order valence-corrected chi connectivity index (χ2v) is 5.73. The van der Waals surface area contributed by atoms with E-state index >= 15 is 0 Å². The van der Waals surface area contributed by atoms with Gasteiger partial charge in [0.05, 0.1) is 7.11 Å². The highest BCUT2D eigenvalue weighted by Crippen LogP contribution is 2.39. The Labute approximate surface area is 119 Å². The van der Waals surface area contributed by atoms with E-state index < -0.39 is 5.54 Å². The lowest BCUT2D eigenvalue weighted by molar-refractivity contribution is -0.145. The number of halogens is 1. The molecule has 0 aromatic heterocycles. The summed E-state index contributed by atoms with van der Waals surface area (Å²) in [6, 6.07) is 4.75. The maximum absolute atomic E-state index is 13.5. The molecule has 1 saturated carbocycles. The van der Waals surface area contributed by atoms with Gasteiger partial charge in [0.2, 0.25) is 0 Å². The maximum atomic E-state index is 13.5. The fourth-order valence-electron chi connectivity index (χ4n) is 3.13. The van der Waals surface area contributed by atoms with Crippen LogP contribution in [0, 0.1) is 18.7 Å². The second-order valence-electron chi connectivity index (χ2n) is 5.73. The van der Waals surface area contributed by atoms with E-state index in [2.05, 4.69) is 12.2 Å². The molecule has 0 spiro atoms. The molecule has 0 amide bonds. The highest BCUT2D eigenvalue weighted by Gasteiger charge is 2.45. The van der Waals surface area contributed by atoms with E-state index in [1.807, 2.05) is 13.0 Å². The van der Waals surface area contributed by atoms with E-state index in [1.54, 1.807) is 0 Å². The molecular weight excluding hydrogens is 257 g/mol. The number of methoxy groups -OCH3 is 1.